The second-order valence-corrected chi connectivity index (χ2v) is 3.17. The molecular formula is C7H12N2O. The van der Waals surface area contributed by atoms with Crippen LogP contribution in [-0.2, 0) is 4.79 Å². The highest BCUT2D eigenvalue weighted by Gasteiger charge is 2.40. The van der Waals surface area contributed by atoms with Crippen LogP contribution in [0.15, 0.2) is 0 Å². The molecule has 2 aliphatic rings. The van der Waals surface area contributed by atoms with Crippen molar-refractivity contribution in [3.05, 3.63) is 0 Å². The third kappa shape index (κ3) is 0.707. The zero-order valence-corrected chi connectivity index (χ0v) is 5.92. The van der Waals surface area contributed by atoms with Gasteiger partial charge in [-0.05, 0) is 19.4 Å². The molecule has 0 amide bonds. The first-order valence-electron chi connectivity index (χ1n) is 3.81. The van der Waals surface area contributed by atoms with Gasteiger partial charge in [-0.2, -0.15) is 0 Å². The predicted molar refractivity (Wildman–Crippen MR) is 37.6 cm³/mol. The van der Waals surface area contributed by atoms with Crippen molar-refractivity contribution in [1.29, 1.82) is 0 Å². The summed E-state index contributed by atoms with van der Waals surface area (Å²) in [6.07, 6.45) is 2.33. The fourth-order valence-corrected chi connectivity index (χ4v) is 1.98. The lowest BCUT2D eigenvalue weighted by Gasteiger charge is -2.14. The minimum absolute atomic E-state index is 0.178. The van der Waals surface area contributed by atoms with E-state index < -0.39 is 0 Å². The maximum atomic E-state index is 11.0. The average molecular weight is 140 g/mol. The molecule has 0 aromatic rings. The molecule has 2 aliphatic heterocycles. The van der Waals surface area contributed by atoms with Crippen LogP contribution < -0.4 is 5.73 Å². The van der Waals surface area contributed by atoms with E-state index in [0.29, 0.717) is 12.6 Å². The number of nitrogens with two attached hydrogens (primary N) is 1. The van der Waals surface area contributed by atoms with Crippen molar-refractivity contribution in [1.82, 2.24) is 4.90 Å². The first kappa shape index (κ1) is 6.31. The van der Waals surface area contributed by atoms with Gasteiger partial charge in [0.15, 0.2) is 5.78 Å². The molecule has 0 saturated carbocycles. The number of rotatable bonds is 0. The zero-order valence-electron chi connectivity index (χ0n) is 5.92. The van der Waals surface area contributed by atoms with Crippen LogP contribution in [0.1, 0.15) is 12.8 Å². The Morgan fingerprint density at radius 3 is 3.10 bits per heavy atom. The molecule has 0 radical (unpaired) electrons. The third-order valence-corrected chi connectivity index (χ3v) is 2.56. The highest BCUT2D eigenvalue weighted by atomic mass is 16.1. The molecular weight excluding hydrogens is 128 g/mol. The molecule has 2 fully saturated rings. The van der Waals surface area contributed by atoms with Gasteiger partial charge in [0.05, 0.1) is 12.6 Å². The van der Waals surface area contributed by atoms with Crippen molar-refractivity contribution < 1.29 is 4.79 Å². The van der Waals surface area contributed by atoms with Gasteiger partial charge in [-0.15, -0.1) is 0 Å². The first-order valence-corrected chi connectivity index (χ1v) is 3.81. The average Bonchev–Trinajstić information content (AvgIpc) is 2.41. The number of Topliss-reactive ketones (excluding diaryl/α,β-unsaturated/α-hetero) is 1. The molecule has 0 bridgehead atoms. The molecule has 56 valence electrons. The van der Waals surface area contributed by atoms with E-state index in [1.807, 2.05) is 0 Å². The van der Waals surface area contributed by atoms with E-state index in [-0.39, 0.29) is 11.8 Å². The van der Waals surface area contributed by atoms with Gasteiger partial charge in [-0.1, -0.05) is 0 Å². The highest BCUT2D eigenvalue weighted by molar-refractivity contribution is 5.88. The molecule has 0 aromatic carbocycles. The van der Waals surface area contributed by atoms with Crippen LogP contribution in [0.4, 0.5) is 0 Å². The highest BCUT2D eigenvalue weighted by Crippen LogP contribution is 2.24. The molecule has 0 spiro atoms. The Bertz CT molecular complexity index is 169. The molecule has 0 aliphatic carbocycles. The SMILES string of the molecule is NC1C(=O)CN2CCCC12. The molecule has 2 heterocycles. The normalized spacial score (nSPS) is 40.7. The van der Waals surface area contributed by atoms with Crippen molar-refractivity contribution in [2.75, 3.05) is 13.1 Å². The summed E-state index contributed by atoms with van der Waals surface area (Å²) >= 11 is 0. The molecule has 3 nitrogen and oxygen atoms in total. The lowest BCUT2D eigenvalue weighted by atomic mass is 10.1. The summed E-state index contributed by atoms with van der Waals surface area (Å²) in [5.74, 6) is 0.227. The Labute approximate surface area is 60.2 Å². The maximum Gasteiger partial charge on any atom is 0.165 e. The minimum Gasteiger partial charge on any atom is -0.320 e. The summed E-state index contributed by atoms with van der Waals surface area (Å²) in [7, 11) is 0. The Hall–Kier alpha value is -0.410. The summed E-state index contributed by atoms with van der Waals surface area (Å²) in [6.45, 7) is 1.68. The van der Waals surface area contributed by atoms with Gasteiger partial charge in [-0.25, -0.2) is 0 Å². The molecule has 2 rings (SSSR count). The van der Waals surface area contributed by atoms with Crippen LogP contribution in [0.5, 0.6) is 0 Å². The zero-order chi connectivity index (χ0) is 7.14. The van der Waals surface area contributed by atoms with E-state index in [2.05, 4.69) is 4.90 Å². The topological polar surface area (TPSA) is 46.3 Å². The fraction of sp³-hybridized carbons (Fsp3) is 0.857. The van der Waals surface area contributed by atoms with Crippen LogP contribution in [0.25, 0.3) is 0 Å². The molecule has 0 aromatic heterocycles. The van der Waals surface area contributed by atoms with Gasteiger partial charge in [-0.3, -0.25) is 9.69 Å². The number of nitrogens with zero attached hydrogens (tertiary/aromatic N) is 1. The number of hydrogen-bond acceptors (Lipinski definition) is 3. The van der Waals surface area contributed by atoms with E-state index in [0.717, 1.165) is 13.0 Å². The van der Waals surface area contributed by atoms with Gasteiger partial charge in [0.2, 0.25) is 0 Å². The number of carbonyl (C=O) groups excluding carboxylic acids is 1. The summed E-state index contributed by atoms with van der Waals surface area (Å²) in [4.78, 5) is 13.2. The monoisotopic (exact) mass is 140 g/mol. The lowest BCUT2D eigenvalue weighted by Crippen LogP contribution is -2.37. The van der Waals surface area contributed by atoms with Crippen molar-refractivity contribution >= 4 is 5.78 Å². The Kier molecular flexibility index (Phi) is 1.28. The van der Waals surface area contributed by atoms with Gasteiger partial charge in [0, 0.05) is 6.04 Å². The van der Waals surface area contributed by atoms with Crippen LogP contribution in [0, 0.1) is 0 Å². The molecule has 2 saturated heterocycles. The number of carbonyl (C=O) groups is 1. The van der Waals surface area contributed by atoms with E-state index >= 15 is 0 Å². The molecule has 2 atom stereocenters. The predicted octanol–water partition coefficient (Wildman–Crippen LogP) is -0.639. The van der Waals surface area contributed by atoms with Crippen molar-refractivity contribution in [3.63, 3.8) is 0 Å². The standard InChI is InChI=1S/C7H12N2O/c8-7-5-2-1-3-9(5)4-6(7)10/h5,7H,1-4,8H2. The number of ketones is 1. The number of fused-ring (bicyclic) bond motifs is 1. The number of hydrogen-bond donors (Lipinski definition) is 1. The van der Waals surface area contributed by atoms with E-state index in [1.54, 1.807) is 0 Å². The molecule has 10 heavy (non-hydrogen) atoms. The first-order chi connectivity index (χ1) is 4.79. The summed E-state index contributed by atoms with van der Waals surface area (Å²) < 4.78 is 0. The lowest BCUT2D eigenvalue weighted by molar-refractivity contribution is -0.118. The van der Waals surface area contributed by atoms with Crippen molar-refractivity contribution in [2.45, 2.75) is 24.9 Å². The summed E-state index contributed by atoms with van der Waals surface area (Å²) in [6, 6.07) is 0.204. The Morgan fingerprint density at radius 1 is 1.60 bits per heavy atom. The second-order valence-electron chi connectivity index (χ2n) is 3.17. The van der Waals surface area contributed by atoms with E-state index in [1.165, 1.54) is 6.42 Å². The largest absolute Gasteiger partial charge is 0.320 e. The molecule has 3 heteroatoms. The molecule has 2 unspecified atom stereocenters. The second kappa shape index (κ2) is 2.04. The van der Waals surface area contributed by atoms with Gasteiger partial charge < -0.3 is 5.73 Å². The molecule has 2 N–H and O–H groups in total. The van der Waals surface area contributed by atoms with Crippen LogP contribution >= 0.6 is 0 Å². The Morgan fingerprint density at radius 2 is 2.40 bits per heavy atom. The van der Waals surface area contributed by atoms with Crippen LogP contribution in [0.3, 0.4) is 0 Å². The van der Waals surface area contributed by atoms with Gasteiger partial charge >= 0.3 is 0 Å². The maximum absolute atomic E-state index is 11.0. The van der Waals surface area contributed by atoms with Crippen molar-refractivity contribution in [2.24, 2.45) is 5.73 Å². The Balaban J connectivity index is 2.16. The minimum atomic E-state index is -0.178. The smallest absolute Gasteiger partial charge is 0.165 e. The van der Waals surface area contributed by atoms with E-state index in [4.69, 9.17) is 5.73 Å². The van der Waals surface area contributed by atoms with Gasteiger partial charge in [0.25, 0.3) is 0 Å². The third-order valence-electron chi connectivity index (χ3n) is 2.56. The van der Waals surface area contributed by atoms with Crippen LogP contribution in [-0.4, -0.2) is 35.9 Å². The quantitative estimate of drug-likeness (QED) is 0.487. The van der Waals surface area contributed by atoms with Gasteiger partial charge in [0.1, 0.15) is 0 Å². The van der Waals surface area contributed by atoms with Crippen molar-refractivity contribution in [3.8, 4) is 0 Å². The van der Waals surface area contributed by atoms with Crippen LogP contribution in [0.2, 0.25) is 0 Å². The summed E-state index contributed by atoms with van der Waals surface area (Å²) in [5, 5.41) is 0. The summed E-state index contributed by atoms with van der Waals surface area (Å²) in [5.41, 5.74) is 5.67. The fourth-order valence-electron chi connectivity index (χ4n) is 1.98. The van der Waals surface area contributed by atoms with E-state index in [9.17, 15) is 4.79 Å².